The second kappa shape index (κ2) is 6.17. The van der Waals surface area contributed by atoms with E-state index in [1.807, 2.05) is 0 Å². The van der Waals surface area contributed by atoms with Gasteiger partial charge < -0.3 is 14.7 Å². The number of aliphatic hydroxyl groups is 1. The molecule has 1 aliphatic carbocycles. The van der Waals surface area contributed by atoms with Crippen LogP contribution < -0.4 is 0 Å². The van der Waals surface area contributed by atoms with E-state index in [0.29, 0.717) is 17.8 Å². The van der Waals surface area contributed by atoms with E-state index in [4.69, 9.17) is 4.74 Å². The van der Waals surface area contributed by atoms with Crippen LogP contribution in [0.5, 0.6) is 0 Å². The molecule has 2 rings (SSSR count). The van der Waals surface area contributed by atoms with Crippen molar-refractivity contribution in [2.24, 2.45) is 17.8 Å². The Morgan fingerprint density at radius 3 is 2.76 bits per heavy atom. The molecule has 0 aromatic rings. The SMILES string of the molecule is CC1CC(C)C(CN2CCCOCC2)C(O)C1. The van der Waals surface area contributed by atoms with E-state index in [1.165, 1.54) is 6.42 Å². The van der Waals surface area contributed by atoms with E-state index in [1.54, 1.807) is 0 Å². The summed E-state index contributed by atoms with van der Waals surface area (Å²) in [4.78, 5) is 2.48. The molecule has 2 fully saturated rings. The Balaban J connectivity index is 1.87. The maximum Gasteiger partial charge on any atom is 0.0593 e. The average molecular weight is 241 g/mol. The van der Waals surface area contributed by atoms with Gasteiger partial charge in [0.05, 0.1) is 12.7 Å². The van der Waals surface area contributed by atoms with Gasteiger partial charge in [-0.1, -0.05) is 13.8 Å². The molecule has 3 heteroatoms. The molecule has 1 aliphatic heterocycles. The molecule has 0 radical (unpaired) electrons. The fourth-order valence-electron chi connectivity index (χ4n) is 3.45. The minimum atomic E-state index is -0.0991. The Labute approximate surface area is 105 Å². The summed E-state index contributed by atoms with van der Waals surface area (Å²) in [5, 5.41) is 10.3. The van der Waals surface area contributed by atoms with Gasteiger partial charge in [0, 0.05) is 32.2 Å². The van der Waals surface area contributed by atoms with Crippen molar-refractivity contribution in [1.29, 1.82) is 0 Å². The van der Waals surface area contributed by atoms with E-state index in [9.17, 15) is 5.11 Å². The highest BCUT2D eigenvalue weighted by atomic mass is 16.5. The maximum atomic E-state index is 10.3. The lowest BCUT2D eigenvalue weighted by molar-refractivity contribution is -0.00225. The fourth-order valence-corrected chi connectivity index (χ4v) is 3.45. The summed E-state index contributed by atoms with van der Waals surface area (Å²) in [6.07, 6.45) is 3.29. The van der Waals surface area contributed by atoms with E-state index in [-0.39, 0.29) is 6.10 Å². The van der Waals surface area contributed by atoms with Gasteiger partial charge in [-0.3, -0.25) is 0 Å². The molecule has 17 heavy (non-hydrogen) atoms. The third-order valence-electron chi connectivity index (χ3n) is 4.43. The minimum Gasteiger partial charge on any atom is -0.393 e. The topological polar surface area (TPSA) is 32.7 Å². The molecule has 0 amide bonds. The van der Waals surface area contributed by atoms with Crippen LogP contribution in [-0.4, -0.2) is 49.0 Å². The molecule has 0 bridgehead atoms. The zero-order chi connectivity index (χ0) is 12.3. The van der Waals surface area contributed by atoms with Crippen molar-refractivity contribution in [3.63, 3.8) is 0 Å². The highest BCUT2D eigenvalue weighted by Crippen LogP contribution is 2.34. The van der Waals surface area contributed by atoms with E-state index in [0.717, 1.165) is 45.7 Å². The Bertz CT molecular complexity index is 214. The summed E-state index contributed by atoms with van der Waals surface area (Å²) < 4.78 is 5.48. The summed E-state index contributed by atoms with van der Waals surface area (Å²) in [6, 6.07) is 0. The molecule has 1 N–H and O–H groups in total. The number of hydrogen-bond donors (Lipinski definition) is 1. The molecular formula is C14H27NO2. The van der Waals surface area contributed by atoms with Crippen molar-refractivity contribution < 1.29 is 9.84 Å². The number of aliphatic hydroxyl groups excluding tert-OH is 1. The molecule has 100 valence electrons. The molecule has 4 atom stereocenters. The Hall–Kier alpha value is -0.120. The van der Waals surface area contributed by atoms with Gasteiger partial charge >= 0.3 is 0 Å². The normalized spacial score (nSPS) is 41.1. The molecule has 1 saturated heterocycles. The zero-order valence-corrected chi connectivity index (χ0v) is 11.3. The van der Waals surface area contributed by atoms with Crippen molar-refractivity contribution in [2.45, 2.75) is 39.2 Å². The Morgan fingerprint density at radius 1 is 1.18 bits per heavy atom. The zero-order valence-electron chi connectivity index (χ0n) is 11.3. The van der Waals surface area contributed by atoms with E-state index in [2.05, 4.69) is 18.7 Å². The number of hydrogen-bond acceptors (Lipinski definition) is 3. The van der Waals surface area contributed by atoms with Gasteiger partial charge in [0.2, 0.25) is 0 Å². The molecule has 0 aromatic carbocycles. The average Bonchev–Trinajstić information content (AvgIpc) is 2.51. The van der Waals surface area contributed by atoms with Crippen molar-refractivity contribution in [3.8, 4) is 0 Å². The fraction of sp³-hybridized carbons (Fsp3) is 1.00. The second-order valence-electron chi connectivity index (χ2n) is 6.05. The van der Waals surface area contributed by atoms with Gasteiger partial charge in [0.1, 0.15) is 0 Å². The largest absolute Gasteiger partial charge is 0.393 e. The van der Waals surface area contributed by atoms with E-state index >= 15 is 0 Å². The predicted octanol–water partition coefficient (Wildman–Crippen LogP) is 1.75. The molecule has 1 heterocycles. The van der Waals surface area contributed by atoms with Crippen molar-refractivity contribution >= 4 is 0 Å². The van der Waals surface area contributed by atoms with Crippen LogP contribution >= 0.6 is 0 Å². The third kappa shape index (κ3) is 3.67. The Morgan fingerprint density at radius 2 is 2.00 bits per heavy atom. The molecule has 0 aromatic heterocycles. The summed E-state index contributed by atoms with van der Waals surface area (Å²) in [5.74, 6) is 1.80. The van der Waals surface area contributed by atoms with Crippen LogP contribution in [0, 0.1) is 17.8 Å². The second-order valence-corrected chi connectivity index (χ2v) is 6.05. The summed E-state index contributed by atoms with van der Waals surface area (Å²) >= 11 is 0. The van der Waals surface area contributed by atoms with Gasteiger partial charge in [-0.05, 0) is 31.1 Å². The molecule has 3 nitrogen and oxygen atoms in total. The Kier molecular flexibility index (Phi) is 4.83. The van der Waals surface area contributed by atoms with Crippen LogP contribution in [0.4, 0.5) is 0 Å². The first-order valence-corrected chi connectivity index (χ1v) is 7.15. The number of ether oxygens (including phenoxy) is 1. The summed E-state index contributed by atoms with van der Waals surface area (Å²) in [7, 11) is 0. The quantitative estimate of drug-likeness (QED) is 0.799. The van der Waals surface area contributed by atoms with Crippen molar-refractivity contribution in [2.75, 3.05) is 32.8 Å². The molecule has 1 saturated carbocycles. The van der Waals surface area contributed by atoms with Crippen LogP contribution in [0.25, 0.3) is 0 Å². The highest BCUT2D eigenvalue weighted by molar-refractivity contribution is 4.85. The molecule has 4 unspecified atom stereocenters. The number of nitrogens with zero attached hydrogens (tertiary/aromatic N) is 1. The van der Waals surface area contributed by atoms with E-state index < -0.39 is 0 Å². The first kappa shape index (κ1) is 13.3. The van der Waals surface area contributed by atoms with Crippen molar-refractivity contribution in [1.82, 2.24) is 4.90 Å². The van der Waals surface area contributed by atoms with Crippen molar-refractivity contribution in [3.05, 3.63) is 0 Å². The van der Waals surface area contributed by atoms with Gasteiger partial charge in [0.15, 0.2) is 0 Å². The first-order valence-electron chi connectivity index (χ1n) is 7.15. The van der Waals surface area contributed by atoms with Crippen LogP contribution in [0.15, 0.2) is 0 Å². The van der Waals surface area contributed by atoms with Gasteiger partial charge in [-0.15, -0.1) is 0 Å². The van der Waals surface area contributed by atoms with Crippen LogP contribution in [0.1, 0.15) is 33.1 Å². The molecule has 2 aliphatic rings. The predicted molar refractivity (Wildman–Crippen MR) is 68.9 cm³/mol. The highest BCUT2D eigenvalue weighted by Gasteiger charge is 2.33. The lowest BCUT2D eigenvalue weighted by Crippen LogP contribution is -2.43. The number of rotatable bonds is 2. The lowest BCUT2D eigenvalue weighted by Gasteiger charge is -2.39. The molecular weight excluding hydrogens is 214 g/mol. The first-order chi connectivity index (χ1) is 8.16. The van der Waals surface area contributed by atoms with Crippen LogP contribution in [0.2, 0.25) is 0 Å². The maximum absolute atomic E-state index is 10.3. The summed E-state index contributed by atoms with van der Waals surface area (Å²) in [5.41, 5.74) is 0. The minimum absolute atomic E-state index is 0.0991. The monoisotopic (exact) mass is 241 g/mol. The van der Waals surface area contributed by atoms with Gasteiger partial charge in [0.25, 0.3) is 0 Å². The van der Waals surface area contributed by atoms with Crippen LogP contribution in [0.3, 0.4) is 0 Å². The third-order valence-corrected chi connectivity index (χ3v) is 4.43. The van der Waals surface area contributed by atoms with Crippen LogP contribution in [-0.2, 0) is 4.74 Å². The molecule has 0 spiro atoms. The smallest absolute Gasteiger partial charge is 0.0593 e. The summed E-state index contributed by atoms with van der Waals surface area (Å²) in [6.45, 7) is 9.53. The van der Waals surface area contributed by atoms with Gasteiger partial charge in [-0.25, -0.2) is 0 Å². The standard InChI is InChI=1S/C14H27NO2/c1-11-8-12(2)13(14(16)9-11)10-15-4-3-6-17-7-5-15/h11-14,16H,3-10H2,1-2H3. The lowest BCUT2D eigenvalue weighted by atomic mass is 9.73. The van der Waals surface area contributed by atoms with Gasteiger partial charge in [-0.2, -0.15) is 0 Å².